The summed E-state index contributed by atoms with van der Waals surface area (Å²) in [5.41, 5.74) is 3.68. The van der Waals surface area contributed by atoms with E-state index in [9.17, 15) is 14.4 Å². The average Bonchev–Trinajstić information content (AvgIpc) is 3.01. The summed E-state index contributed by atoms with van der Waals surface area (Å²) in [5, 5.41) is 11.0. The van der Waals surface area contributed by atoms with Crippen LogP contribution in [0.4, 0.5) is 4.79 Å². The maximum absolute atomic E-state index is 12.2. The number of amides is 1. The zero-order chi connectivity index (χ0) is 20.3. The highest BCUT2D eigenvalue weighted by Gasteiger charge is 2.30. The number of benzene rings is 2. The lowest BCUT2D eigenvalue weighted by atomic mass is 9.98. The molecule has 0 saturated heterocycles. The molecule has 0 aliphatic heterocycles. The van der Waals surface area contributed by atoms with Crippen molar-refractivity contribution in [1.29, 1.82) is 0 Å². The quantitative estimate of drug-likeness (QED) is 0.758. The lowest BCUT2D eigenvalue weighted by Crippen LogP contribution is -2.43. The van der Waals surface area contributed by atoms with E-state index in [0.717, 1.165) is 29.4 Å². The third-order valence-electron chi connectivity index (χ3n) is 4.35. The second kappa shape index (κ2) is 7.90. The fourth-order valence-corrected chi connectivity index (χ4v) is 3.16. The van der Waals surface area contributed by atoms with Crippen LogP contribution in [-0.2, 0) is 19.1 Å². The van der Waals surface area contributed by atoms with Gasteiger partial charge in [0.1, 0.15) is 12.6 Å². The Kier molecular flexibility index (Phi) is 5.00. The van der Waals surface area contributed by atoms with E-state index in [4.69, 9.17) is 11.2 Å². The van der Waals surface area contributed by atoms with Crippen LogP contribution in [0.1, 0.15) is 24.8 Å². The third-order valence-corrected chi connectivity index (χ3v) is 4.35. The summed E-state index contributed by atoms with van der Waals surface area (Å²) in [6.45, 7) is -1.28. The standard InChI is InChI=1S/C20H19NO6/c1-26-19(24)17(10-18(22)23)21-20(25)27-11-16-14-8-4-2-6-12(14)13-7-3-5-9-15(13)16/h2-9,16-17H,10-11H2,1H3,(H,21,25)(H,22,23)/t17-/m0/s1/i11D/t11?,17-. The van der Waals surface area contributed by atoms with E-state index in [1.165, 1.54) is 0 Å². The fraction of sp³-hybridized carbons (Fsp3) is 0.250. The molecule has 2 N–H and O–H groups in total. The van der Waals surface area contributed by atoms with Crippen LogP contribution in [0.3, 0.4) is 0 Å². The number of ether oxygens (including phenoxy) is 2. The first kappa shape index (κ1) is 17.1. The second-order valence-corrected chi connectivity index (χ2v) is 6.01. The summed E-state index contributed by atoms with van der Waals surface area (Å²) >= 11 is 0. The van der Waals surface area contributed by atoms with E-state index >= 15 is 0 Å². The number of hydrogen-bond donors (Lipinski definition) is 2. The molecule has 1 amide bonds. The predicted octanol–water partition coefficient (Wildman–Crippen LogP) is 2.54. The summed E-state index contributed by atoms with van der Waals surface area (Å²) < 4.78 is 18.0. The number of nitrogens with one attached hydrogen (secondary N) is 1. The van der Waals surface area contributed by atoms with Crippen molar-refractivity contribution in [3.05, 3.63) is 59.7 Å². The molecule has 0 heterocycles. The zero-order valence-electron chi connectivity index (χ0n) is 15.5. The maximum Gasteiger partial charge on any atom is 0.407 e. The fourth-order valence-electron chi connectivity index (χ4n) is 3.16. The van der Waals surface area contributed by atoms with Crippen molar-refractivity contribution in [1.82, 2.24) is 5.32 Å². The second-order valence-electron chi connectivity index (χ2n) is 6.01. The highest BCUT2D eigenvalue weighted by molar-refractivity contribution is 5.85. The molecule has 7 nitrogen and oxygen atoms in total. The van der Waals surface area contributed by atoms with E-state index in [1.54, 1.807) is 0 Å². The molecule has 2 atom stereocenters. The number of carboxylic acid groups (broad SMARTS) is 1. The first-order valence-electron chi connectivity index (χ1n) is 8.87. The van der Waals surface area contributed by atoms with E-state index < -0.39 is 43.0 Å². The van der Waals surface area contributed by atoms with Gasteiger partial charge >= 0.3 is 18.0 Å². The summed E-state index contributed by atoms with van der Waals surface area (Å²) in [7, 11) is 1.09. The van der Waals surface area contributed by atoms with Gasteiger partial charge in [0.25, 0.3) is 0 Å². The van der Waals surface area contributed by atoms with Crippen LogP contribution in [0.2, 0.25) is 0 Å². The molecule has 3 rings (SSSR count). The number of hydrogen-bond acceptors (Lipinski definition) is 5. The van der Waals surface area contributed by atoms with Gasteiger partial charge in [-0.1, -0.05) is 48.5 Å². The molecule has 0 fully saturated rings. The number of rotatable bonds is 6. The molecular formula is C20H19NO6. The lowest BCUT2D eigenvalue weighted by Gasteiger charge is -2.17. The molecule has 0 bridgehead atoms. The van der Waals surface area contributed by atoms with Gasteiger partial charge in [-0.15, -0.1) is 0 Å². The molecule has 27 heavy (non-hydrogen) atoms. The maximum atomic E-state index is 12.2. The Balaban J connectivity index is 1.77. The Hall–Kier alpha value is -3.35. The highest BCUT2D eigenvalue weighted by atomic mass is 16.6. The molecule has 2 aromatic rings. The van der Waals surface area contributed by atoms with Gasteiger partial charge in [0, 0.05) is 5.92 Å². The molecule has 2 aromatic carbocycles. The average molecular weight is 370 g/mol. The molecule has 0 radical (unpaired) electrons. The number of methoxy groups -OCH3 is 1. The van der Waals surface area contributed by atoms with Crippen LogP contribution in [0, 0.1) is 0 Å². The molecule has 1 unspecified atom stereocenters. The van der Waals surface area contributed by atoms with Crippen molar-refractivity contribution in [3.8, 4) is 11.1 Å². The normalized spacial score (nSPS) is 14.9. The van der Waals surface area contributed by atoms with E-state index in [2.05, 4.69) is 10.1 Å². The largest absolute Gasteiger partial charge is 0.481 e. The monoisotopic (exact) mass is 370 g/mol. The highest BCUT2D eigenvalue weighted by Crippen LogP contribution is 2.44. The van der Waals surface area contributed by atoms with Gasteiger partial charge in [-0.3, -0.25) is 4.79 Å². The molecule has 7 heteroatoms. The van der Waals surface area contributed by atoms with Crippen LogP contribution in [-0.4, -0.2) is 42.9 Å². The van der Waals surface area contributed by atoms with Gasteiger partial charge < -0.3 is 19.9 Å². The van der Waals surface area contributed by atoms with Crippen LogP contribution >= 0.6 is 0 Å². The lowest BCUT2D eigenvalue weighted by molar-refractivity contribution is -0.148. The molecule has 0 aromatic heterocycles. The van der Waals surface area contributed by atoms with Gasteiger partial charge in [0.2, 0.25) is 0 Å². The van der Waals surface area contributed by atoms with Crippen molar-refractivity contribution in [2.45, 2.75) is 18.4 Å². The minimum Gasteiger partial charge on any atom is -0.481 e. The molecule has 1 aliphatic carbocycles. The Morgan fingerprint density at radius 1 is 1.11 bits per heavy atom. The first-order chi connectivity index (χ1) is 13.4. The van der Waals surface area contributed by atoms with Crippen molar-refractivity contribution in [2.75, 3.05) is 13.7 Å². The van der Waals surface area contributed by atoms with Crippen molar-refractivity contribution in [2.24, 2.45) is 0 Å². The molecule has 1 aliphatic rings. The van der Waals surface area contributed by atoms with Crippen LogP contribution in [0.25, 0.3) is 11.1 Å². The smallest absolute Gasteiger partial charge is 0.407 e. The van der Waals surface area contributed by atoms with Crippen molar-refractivity contribution in [3.63, 3.8) is 0 Å². The van der Waals surface area contributed by atoms with Crippen LogP contribution in [0.15, 0.2) is 48.5 Å². The molecule has 0 saturated carbocycles. The molecular weight excluding hydrogens is 350 g/mol. The van der Waals surface area contributed by atoms with Gasteiger partial charge in [0.15, 0.2) is 0 Å². The van der Waals surface area contributed by atoms with Gasteiger partial charge in [-0.05, 0) is 22.3 Å². The summed E-state index contributed by atoms with van der Waals surface area (Å²) in [6.07, 6.45) is -1.71. The minimum absolute atomic E-state index is 0.491. The number of esters is 1. The number of carboxylic acids is 1. The summed E-state index contributed by atoms with van der Waals surface area (Å²) in [5.74, 6) is -2.68. The number of carbonyl (C=O) groups excluding carboxylic acids is 2. The predicted molar refractivity (Wildman–Crippen MR) is 96.3 cm³/mol. The van der Waals surface area contributed by atoms with Crippen molar-refractivity contribution < 1.29 is 30.3 Å². The van der Waals surface area contributed by atoms with E-state index in [-0.39, 0.29) is 0 Å². The Morgan fingerprint density at radius 3 is 2.19 bits per heavy atom. The van der Waals surface area contributed by atoms with Crippen LogP contribution < -0.4 is 5.32 Å². The Bertz CT molecular complexity index is 870. The Labute approximate surface area is 157 Å². The molecule has 0 spiro atoms. The number of alkyl carbamates (subject to hydrolysis) is 1. The van der Waals surface area contributed by atoms with Gasteiger partial charge in [-0.25, -0.2) is 9.59 Å². The van der Waals surface area contributed by atoms with Crippen molar-refractivity contribution >= 4 is 18.0 Å². The summed E-state index contributed by atoms with van der Waals surface area (Å²) in [4.78, 5) is 34.7. The Morgan fingerprint density at radius 2 is 1.67 bits per heavy atom. The number of carbonyl (C=O) groups is 3. The number of fused-ring (bicyclic) bond motifs is 3. The van der Waals surface area contributed by atoms with E-state index in [0.29, 0.717) is 0 Å². The van der Waals surface area contributed by atoms with Gasteiger partial charge in [0.05, 0.1) is 14.9 Å². The van der Waals surface area contributed by atoms with E-state index in [1.807, 2.05) is 48.5 Å². The minimum atomic E-state index is -1.40. The molecule has 140 valence electrons. The summed E-state index contributed by atoms with van der Waals surface area (Å²) in [6, 6.07) is 13.8. The zero-order valence-corrected chi connectivity index (χ0v) is 14.5. The van der Waals surface area contributed by atoms with Gasteiger partial charge in [-0.2, -0.15) is 0 Å². The van der Waals surface area contributed by atoms with Crippen LogP contribution in [0.5, 0.6) is 0 Å². The first-order valence-corrected chi connectivity index (χ1v) is 8.29. The third kappa shape index (κ3) is 3.92. The number of aliphatic carboxylic acids is 1. The topological polar surface area (TPSA) is 102 Å². The SMILES string of the molecule is [2H]C(OC(=O)N[C@@H](CC(=O)O)C(=O)OC)C1c2ccccc2-c2ccccc21.